The van der Waals surface area contributed by atoms with Crippen molar-refractivity contribution in [3.8, 4) is 11.8 Å². The van der Waals surface area contributed by atoms with Gasteiger partial charge < -0.3 is 10.1 Å². The second-order valence-corrected chi connectivity index (χ2v) is 4.10. The SMILES string of the molecule is CC#CC(=O)Nc1ccc(C(=O)OCC)cc1Br. The lowest BCUT2D eigenvalue weighted by molar-refractivity contribution is -0.111. The van der Waals surface area contributed by atoms with Crippen molar-refractivity contribution in [3.05, 3.63) is 28.2 Å². The summed E-state index contributed by atoms with van der Waals surface area (Å²) in [5.41, 5.74) is 0.971. The summed E-state index contributed by atoms with van der Waals surface area (Å²) in [6, 6.07) is 4.79. The molecule has 0 spiro atoms. The van der Waals surface area contributed by atoms with E-state index in [1.54, 1.807) is 32.0 Å². The number of hydrogen-bond donors (Lipinski definition) is 1. The van der Waals surface area contributed by atoms with Gasteiger partial charge in [-0.2, -0.15) is 0 Å². The minimum absolute atomic E-state index is 0.320. The van der Waals surface area contributed by atoms with E-state index in [-0.39, 0.29) is 0 Å². The second-order valence-electron chi connectivity index (χ2n) is 3.24. The van der Waals surface area contributed by atoms with E-state index in [1.165, 1.54) is 0 Å². The fraction of sp³-hybridized carbons (Fsp3) is 0.231. The number of carbonyl (C=O) groups excluding carboxylic acids is 2. The molecule has 0 bridgehead atoms. The minimum Gasteiger partial charge on any atom is -0.462 e. The van der Waals surface area contributed by atoms with Crippen molar-refractivity contribution in [1.29, 1.82) is 0 Å². The summed E-state index contributed by atoms with van der Waals surface area (Å²) in [4.78, 5) is 22.8. The van der Waals surface area contributed by atoms with Crippen LogP contribution < -0.4 is 5.32 Å². The highest BCUT2D eigenvalue weighted by Gasteiger charge is 2.10. The predicted octanol–water partition coefficient (Wildman–Crippen LogP) is 2.59. The molecule has 0 heterocycles. The number of halogens is 1. The average molecular weight is 310 g/mol. The largest absolute Gasteiger partial charge is 0.462 e. The van der Waals surface area contributed by atoms with Crippen LogP contribution in [0.15, 0.2) is 22.7 Å². The molecule has 0 aliphatic carbocycles. The molecule has 0 aliphatic rings. The molecular weight excluding hydrogens is 298 g/mol. The van der Waals surface area contributed by atoms with Gasteiger partial charge in [-0.05, 0) is 53.9 Å². The van der Waals surface area contributed by atoms with E-state index in [4.69, 9.17) is 4.74 Å². The lowest BCUT2D eigenvalue weighted by Gasteiger charge is -2.06. The lowest BCUT2D eigenvalue weighted by Crippen LogP contribution is -2.10. The Hall–Kier alpha value is -1.80. The molecule has 94 valence electrons. The Bertz CT molecular complexity index is 529. The van der Waals surface area contributed by atoms with Gasteiger partial charge in [-0.15, -0.1) is 0 Å². The van der Waals surface area contributed by atoms with Crippen molar-refractivity contribution < 1.29 is 14.3 Å². The van der Waals surface area contributed by atoms with Gasteiger partial charge in [0.25, 0.3) is 5.91 Å². The number of benzene rings is 1. The van der Waals surface area contributed by atoms with E-state index in [0.717, 1.165) is 0 Å². The Morgan fingerprint density at radius 2 is 2.17 bits per heavy atom. The first-order valence-electron chi connectivity index (χ1n) is 5.29. The number of nitrogens with one attached hydrogen (secondary N) is 1. The quantitative estimate of drug-likeness (QED) is 0.689. The topological polar surface area (TPSA) is 55.4 Å². The van der Waals surface area contributed by atoms with Crippen LogP contribution >= 0.6 is 15.9 Å². The summed E-state index contributed by atoms with van der Waals surface area (Å²) in [5, 5.41) is 2.60. The van der Waals surface area contributed by atoms with Gasteiger partial charge >= 0.3 is 5.97 Å². The van der Waals surface area contributed by atoms with Crippen molar-refractivity contribution in [3.63, 3.8) is 0 Å². The molecule has 18 heavy (non-hydrogen) atoms. The van der Waals surface area contributed by atoms with E-state index in [2.05, 4.69) is 33.1 Å². The zero-order valence-corrected chi connectivity index (χ0v) is 11.6. The number of hydrogen-bond acceptors (Lipinski definition) is 3. The standard InChI is InChI=1S/C13H12BrNO3/c1-3-5-12(16)15-11-7-6-9(8-10(11)14)13(17)18-4-2/h6-8H,4H2,1-2H3,(H,15,16). The van der Waals surface area contributed by atoms with Gasteiger partial charge in [-0.25, -0.2) is 4.79 Å². The molecule has 1 aromatic carbocycles. The second kappa shape index (κ2) is 6.82. The Morgan fingerprint density at radius 3 is 2.72 bits per heavy atom. The fourth-order valence-electron chi connectivity index (χ4n) is 1.22. The molecule has 0 aromatic heterocycles. The van der Waals surface area contributed by atoms with Crippen LogP contribution in [0.5, 0.6) is 0 Å². The highest BCUT2D eigenvalue weighted by Crippen LogP contribution is 2.24. The highest BCUT2D eigenvalue weighted by molar-refractivity contribution is 9.10. The Morgan fingerprint density at radius 1 is 1.44 bits per heavy atom. The van der Waals surface area contributed by atoms with Gasteiger partial charge in [0.05, 0.1) is 17.9 Å². The summed E-state index contributed by atoms with van der Waals surface area (Å²) in [6.45, 7) is 3.64. The van der Waals surface area contributed by atoms with Gasteiger partial charge in [0, 0.05) is 4.47 Å². The first-order chi connectivity index (χ1) is 8.58. The number of amides is 1. The number of ether oxygens (including phenoxy) is 1. The Balaban J connectivity index is 2.88. The van der Waals surface area contributed by atoms with Crippen molar-refractivity contribution in [1.82, 2.24) is 0 Å². The maximum absolute atomic E-state index is 11.5. The van der Waals surface area contributed by atoms with E-state index >= 15 is 0 Å². The fourth-order valence-corrected chi connectivity index (χ4v) is 1.70. The average Bonchev–Trinajstić information content (AvgIpc) is 2.32. The van der Waals surface area contributed by atoms with Crippen LogP contribution in [-0.2, 0) is 9.53 Å². The zero-order valence-electron chi connectivity index (χ0n) is 10.0. The van der Waals surface area contributed by atoms with E-state index in [9.17, 15) is 9.59 Å². The summed E-state index contributed by atoms with van der Waals surface area (Å²) in [5.74, 6) is 4.07. The maximum atomic E-state index is 11.5. The lowest BCUT2D eigenvalue weighted by atomic mass is 10.2. The summed E-state index contributed by atoms with van der Waals surface area (Å²) >= 11 is 3.28. The summed E-state index contributed by atoms with van der Waals surface area (Å²) < 4.78 is 5.47. The van der Waals surface area contributed by atoms with Crippen LogP contribution in [0.1, 0.15) is 24.2 Å². The van der Waals surface area contributed by atoms with Crippen LogP contribution in [0, 0.1) is 11.8 Å². The van der Waals surface area contributed by atoms with Crippen molar-refractivity contribution >= 4 is 33.5 Å². The molecule has 1 amide bonds. The highest BCUT2D eigenvalue weighted by atomic mass is 79.9. The van der Waals surface area contributed by atoms with Gasteiger partial charge in [0.15, 0.2) is 0 Å². The first-order valence-corrected chi connectivity index (χ1v) is 6.08. The molecule has 5 heteroatoms. The first kappa shape index (κ1) is 14.3. The molecule has 0 radical (unpaired) electrons. The van der Waals surface area contributed by atoms with Crippen LogP contribution in [0.25, 0.3) is 0 Å². The third kappa shape index (κ3) is 3.90. The van der Waals surface area contributed by atoms with Crippen molar-refractivity contribution in [2.45, 2.75) is 13.8 Å². The number of esters is 1. The molecule has 1 aromatic rings. The van der Waals surface area contributed by atoms with Crippen LogP contribution in [0.3, 0.4) is 0 Å². The van der Waals surface area contributed by atoms with Crippen LogP contribution in [-0.4, -0.2) is 18.5 Å². The Kier molecular flexibility index (Phi) is 5.40. The molecule has 0 aliphatic heterocycles. The van der Waals surface area contributed by atoms with Crippen molar-refractivity contribution in [2.24, 2.45) is 0 Å². The van der Waals surface area contributed by atoms with E-state index in [1.807, 2.05) is 0 Å². The van der Waals surface area contributed by atoms with Gasteiger partial charge in [-0.1, -0.05) is 5.92 Å². The smallest absolute Gasteiger partial charge is 0.338 e. The number of rotatable bonds is 3. The van der Waals surface area contributed by atoms with Gasteiger partial charge in [-0.3, -0.25) is 4.79 Å². The normalized spacial score (nSPS) is 9.06. The van der Waals surface area contributed by atoms with Crippen molar-refractivity contribution in [2.75, 3.05) is 11.9 Å². The van der Waals surface area contributed by atoms with Gasteiger partial charge in [0.1, 0.15) is 0 Å². The van der Waals surface area contributed by atoms with Gasteiger partial charge in [0.2, 0.25) is 0 Å². The molecule has 1 N–H and O–H groups in total. The molecule has 0 saturated heterocycles. The summed E-state index contributed by atoms with van der Waals surface area (Å²) in [7, 11) is 0. The van der Waals surface area contributed by atoms with E-state index in [0.29, 0.717) is 22.3 Å². The minimum atomic E-state index is -0.401. The monoisotopic (exact) mass is 309 g/mol. The molecule has 4 nitrogen and oxygen atoms in total. The molecule has 1 rings (SSSR count). The van der Waals surface area contributed by atoms with Crippen LogP contribution in [0.4, 0.5) is 5.69 Å². The zero-order chi connectivity index (χ0) is 13.5. The van der Waals surface area contributed by atoms with Crippen LogP contribution in [0.2, 0.25) is 0 Å². The summed E-state index contributed by atoms with van der Waals surface area (Å²) in [6.07, 6.45) is 0. The molecule has 0 fully saturated rings. The molecular formula is C13H12BrNO3. The molecule has 0 unspecified atom stereocenters. The maximum Gasteiger partial charge on any atom is 0.338 e. The number of carbonyl (C=O) groups is 2. The Labute approximate surface area is 114 Å². The molecule has 0 atom stereocenters. The third-order valence-corrected chi connectivity index (χ3v) is 2.62. The third-order valence-electron chi connectivity index (χ3n) is 1.97. The molecule has 0 saturated carbocycles. The van der Waals surface area contributed by atoms with E-state index < -0.39 is 11.9 Å². The number of anilines is 1. The predicted molar refractivity (Wildman–Crippen MR) is 72.2 cm³/mol.